The van der Waals surface area contributed by atoms with Crippen LogP contribution in [-0.4, -0.2) is 77.0 Å². The van der Waals surface area contributed by atoms with E-state index in [0.717, 1.165) is 5.56 Å². The lowest BCUT2D eigenvalue weighted by Crippen LogP contribution is -2.16. The zero-order valence-corrected chi connectivity index (χ0v) is 15.1. The predicted molar refractivity (Wildman–Crippen MR) is 94.7 cm³/mol. The number of fused-ring (bicyclic) bond motifs is 1. The van der Waals surface area contributed by atoms with E-state index < -0.39 is 0 Å². The average Bonchev–Trinajstić information content (AvgIpc) is 2.67. The van der Waals surface area contributed by atoms with Crippen LogP contribution in [0.3, 0.4) is 0 Å². The van der Waals surface area contributed by atoms with E-state index in [9.17, 15) is 0 Å². The fourth-order valence-corrected chi connectivity index (χ4v) is 2.21. The zero-order chi connectivity index (χ0) is 18.5. The highest BCUT2D eigenvalue weighted by atomic mass is 16.6. The van der Waals surface area contributed by atoms with Crippen LogP contribution in [-0.2, 0) is 18.9 Å². The Kier molecular flexibility index (Phi) is 9.81. The van der Waals surface area contributed by atoms with E-state index in [4.69, 9.17) is 33.6 Å². The van der Waals surface area contributed by atoms with Crippen LogP contribution in [0.2, 0.25) is 0 Å². The fourth-order valence-electron chi connectivity index (χ4n) is 2.21. The number of hydrogen-bond donors (Lipinski definition) is 1. The number of nitrogens with zero attached hydrogens (tertiary/aromatic N) is 1. The second-order valence-electron chi connectivity index (χ2n) is 5.49. The number of ether oxygens (including phenoxy) is 6. The first-order valence-electron chi connectivity index (χ1n) is 8.71. The summed E-state index contributed by atoms with van der Waals surface area (Å²) >= 11 is 0. The van der Waals surface area contributed by atoms with Crippen LogP contribution in [0.25, 0.3) is 0 Å². The summed E-state index contributed by atoms with van der Waals surface area (Å²) in [5.74, 6) is 1.17. The van der Waals surface area contributed by atoms with Gasteiger partial charge in [-0.3, -0.25) is 0 Å². The van der Waals surface area contributed by atoms with E-state index in [0.29, 0.717) is 83.3 Å². The Morgan fingerprint density at radius 3 is 1.69 bits per heavy atom. The van der Waals surface area contributed by atoms with Crippen molar-refractivity contribution in [2.45, 2.75) is 6.92 Å². The topological polar surface area (TPSA) is 88.0 Å². The maximum absolute atomic E-state index is 8.95. The molecule has 0 bridgehead atoms. The van der Waals surface area contributed by atoms with E-state index in [1.807, 2.05) is 6.07 Å². The Labute approximate surface area is 153 Å². The molecule has 1 N–H and O–H groups in total. The van der Waals surface area contributed by atoms with E-state index in [1.54, 1.807) is 19.1 Å². The van der Waals surface area contributed by atoms with Gasteiger partial charge in [-0.25, -0.2) is 0 Å². The van der Waals surface area contributed by atoms with Crippen molar-refractivity contribution in [1.29, 1.82) is 0 Å². The molecule has 0 atom stereocenters. The maximum atomic E-state index is 8.95. The molecule has 0 spiro atoms. The van der Waals surface area contributed by atoms with Gasteiger partial charge in [-0.05, 0) is 25.1 Å². The molecule has 0 saturated heterocycles. The SMILES string of the molecule is CC(=NO)c1ccc2c(c1)OCCOCCOCCOCCOCCO2. The molecule has 1 aromatic carbocycles. The first-order valence-corrected chi connectivity index (χ1v) is 8.71. The van der Waals surface area contributed by atoms with Crippen molar-refractivity contribution >= 4 is 5.71 Å². The first kappa shape index (κ1) is 20.4. The van der Waals surface area contributed by atoms with Gasteiger partial charge in [0.1, 0.15) is 13.2 Å². The van der Waals surface area contributed by atoms with Crippen molar-refractivity contribution in [2.24, 2.45) is 5.16 Å². The number of rotatable bonds is 1. The van der Waals surface area contributed by atoms with Crippen LogP contribution in [0.5, 0.6) is 11.5 Å². The molecule has 0 saturated carbocycles. The molecule has 1 aromatic rings. The average molecular weight is 369 g/mol. The fraction of sp³-hybridized carbons (Fsp3) is 0.611. The molecule has 0 aliphatic carbocycles. The molecule has 1 heterocycles. The summed E-state index contributed by atoms with van der Waals surface area (Å²) in [4.78, 5) is 0. The summed E-state index contributed by atoms with van der Waals surface area (Å²) < 4.78 is 33.3. The minimum atomic E-state index is 0.370. The van der Waals surface area contributed by atoms with Crippen LogP contribution in [0.1, 0.15) is 12.5 Å². The Morgan fingerprint density at radius 1 is 0.731 bits per heavy atom. The number of oxime groups is 1. The van der Waals surface area contributed by atoms with Gasteiger partial charge in [0.15, 0.2) is 11.5 Å². The lowest BCUT2D eigenvalue weighted by Gasteiger charge is -2.15. The highest BCUT2D eigenvalue weighted by Crippen LogP contribution is 2.28. The monoisotopic (exact) mass is 369 g/mol. The third-order valence-corrected chi connectivity index (χ3v) is 3.60. The molecular formula is C18H27NO7. The lowest BCUT2D eigenvalue weighted by molar-refractivity contribution is -0.00841. The van der Waals surface area contributed by atoms with Crippen LogP contribution in [0, 0.1) is 0 Å². The summed E-state index contributed by atoms with van der Waals surface area (Å²) in [6.07, 6.45) is 0. The molecular weight excluding hydrogens is 342 g/mol. The molecule has 0 radical (unpaired) electrons. The second-order valence-corrected chi connectivity index (χ2v) is 5.49. The summed E-state index contributed by atoms with van der Waals surface area (Å²) in [6.45, 7) is 6.44. The van der Waals surface area contributed by atoms with Gasteiger partial charge in [-0.2, -0.15) is 0 Å². The van der Waals surface area contributed by atoms with Gasteiger partial charge in [-0.15, -0.1) is 0 Å². The molecule has 2 rings (SSSR count). The van der Waals surface area contributed by atoms with Gasteiger partial charge in [0.05, 0.1) is 58.6 Å². The number of hydrogen-bond acceptors (Lipinski definition) is 8. The van der Waals surface area contributed by atoms with E-state index in [1.165, 1.54) is 0 Å². The zero-order valence-electron chi connectivity index (χ0n) is 15.1. The molecule has 26 heavy (non-hydrogen) atoms. The van der Waals surface area contributed by atoms with E-state index >= 15 is 0 Å². The third kappa shape index (κ3) is 7.57. The minimum Gasteiger partial charge on any atom is -0.487 e. The largest absolute Gasteiger partial charge is 0.487 e. The normalized spacial score (nSPS) is 19.3. The summed E-state index contributed by atoms with van der Waals surface area (Å²) in [5.41, 5.74) is 1.24. The lowest BCUT2D eigenvalue weighted by atomic mass is 10.1. The quantitative estimate of drug-likeness (QED) is 0.458. The van der Waals surface area contributed by atoms with E-state index in [-0.39, 0.29) is 0 Å². The highest BCUT2D eigenvalue weighted by Gasteiger charge is 2.09. The molecule has 8 heteroatoms. The van der Waals surface area contributed by atoms with Gasteiger partial charge in [-0.1, -0.05) is 5.16 Å². The Bertz CT molecular complexity index is 550. The van der Waals surface area contributed by atoms with E-state index in [2.05, 4.69) is 5.16 Å². The molecule has 0 aromatic heterocycles. The van der Waals surface area contributed by atoms with Crippen LogP contribution in [0.4, 0.5) is 0 Å². The van der Waals surface area contributed by atoms with Crippen LogP contribution >= 0.6 is 0 Å². The standard InChI is InChI=1S/C18H27NO7/c1-15(19-20)16-2-3-17-18(14-16)26-13-11-24-9-7-22-5-4-21-6-8-23-10-12-25-17/h2-3,14,20H,4-13H2,1H3. The van der Waals surface area contributed by atoms with Gasteiger partial charge in [0.2, 0.25) is 0 Å². The van der Waals surface area contributed by atoms with Crippen molar-refractivity contribution in [3.8, 4) is 11.5 Å². The molecule has 8 nitrogen and oxygen atoms in total. The van der Waals surface area contributed by atoms with Crippen molar-refractivity contribution in [3.63, 3.8) is 0 Å². The van der Waals surface area contributed by atoms with Crippen LogP contribution in [0.15, 0.2) is 23.4 Å². The Balaban J connectivity index is 1.97. The molecule has 0 unspecified atom stereocenters. The molecule has 0 amide bonds. The highest BCUT2D eigenvalue weighted by molar-refractivity contribution is 5.98. The van der Waals surface area contributed by atoms with Gasteiger partial charge in [0.25, 0.3) is 0 Å². The summed E-state index contributed by atoms with van der Waals surface area (Å²) in [5, 5.41) is 12.2. The predicted octanol–water partition coefficient (Wildman–Crippen LogP) is 1.72. The van der Waals surface area contributed by atoms with Gasteiger partial charge < -0.3 is 33.6 Å². The summed E-state index contributed by atoms with van der Waals surface area (Å²) in [7, 11) is 0. The Morgan fingerprint density at radius 2 is 1.19 bits per heavy atom. The molecule has 1 aliphatic rings. The smallest absolute Gasteiger partial charge is 0.161 e. The maximum Gasteiger partial charge on any atom is 0.161 e. The second kappa shape index (κ2) is 12.5. The van der Waals surface area contributed by atoms with Crippen molar-refractivity contribution in [1.82, 2.24) is 0 Å². The molecule has 0 fully saturated rings. The minimum absolute atomic E-state index is 0.370. The van der Waals surface area contributed by atoms with Gasteiger partial charge >= 0.3 is 0 Å². The third-order valence-electron chi connectivity index (χ3n) is 3.60. The molecule has 1 aliphatic heterocycles. The van der Waals surface area contributed by atoms with Crippen molar-refractivity contribution in [3.05, 3.63) is 23.8 Å². The van der Waals surface area contributed by atoms with Crippen molar-refractivity contribution < 1.29 is 33.6 Å². The molecule has 146 valence electrons. The van der Waals surface area contributed by atoms with Crippen LogP contribution < -0.4 is 9.47 Å². The number of benzene rings is 1. The summed E-state index contributed by atoms with van der Waals surface area (Å²) in [6, 6.07) is 5.38. The van der Waals surface area contributed by atoms with Crippen molar-refractivity contribution in [2.75, 3.05) is 66.1 Å². The van der Waals surface area contributed by atoms with Gasteiger partial charge in [0, 0.05) is 5.56 Å². The first-order chi connectivity index (χ1) is 12.8. The Hall–Kier alpha value is -1.87.